The fraction of sp³-hybridized carbons (Fsp3) is 0.417. The molecular weight excluding hydrogens is 240 g/mol. The Hall–Kier alpha value is -1.26. The fourth-order valence-corrected chi connectivity index (χ4v) is 1.56. The summed E-state index contributed by atoms with van der Waals surface area (Å²) in [5, 5.41) is 3.57. The second kappa shape index (κ2) is 6.47. The van der Waals surface area contributed by atoms with Crippen LogP contribution in [0.4, 0.5) is 0 Å². The molecule has 4 nitrogen and oxygen atoms in total. The van der Waals surface area contributed by atoms with Crippen molar-refractivity contribution in [3.8, 4) is 5.75 Å². The van der Waals surface area contributed by atoms with E-state index < -0.39 is 0 Å². The van der Waals surface area contributed by atoms with Gasteiger partial charge in [0.05, 0.1) is 17.7 Å². The highest BCUT2D eigenvalue weighted by Crippen LogP contribution is 2.25. The van der Waals surface area contributed by atoms with Gasteiger partial charge in [-0.1, -0.05) is 17.7 Å². The Balaban J connectivity index is 2.61. The van der Waals surface area contributed by atoms with E-state index in [9.17, 15) is 4.79 Å². The maximum Gasteiger partial charge on any atom is 0.234 e. The lowest BCUT2D eigenvalue weighted by molar-refractivity contribution is -0.119. The summed E-state index contributed by atoms with van der Waals surface area (Å²) in [6.45, 7) is 4.74. The number of primary amides is 1. The van der Waals surface area contributed by atoms with Crippen LogP contribution in [-0.2, 0) is 11.3 Å². The lowest BCUT2D eigenvalue weighted by Crippen LogP contribution is -2.38. The highest BCUT2D eigenvalue weighted by Gasteiger charge is 2.08. The normalized spacial score (nSPS) is 12.2. The summed E-state index contributed by atoms with van der Waals surface area (Å²) < 4.78 is 5.33. The fourth-order valence-electron chi connectivity index (χ4n) is 1.30. The number of nitrogens with two attached hydrogens (primary N) is 1. The van der Waals surface area contributed by atoms with E-state index in [0.29, 0.717) is 23.9 Å². The average molecular weight is 257 g/mol. The first-order valence-electron chi connectivity index (χ1n) is 5.48. The third-order valence-corrected chi connectivity index (χ3v) is 2.63. The van der Waals surface area contributed by atoms with Gasteiger partial charge in [0.1, 0.15) is 5.75 Å². The zero-order valence-corrected chi connectivity index (χ0v) is 10.8. The van der Waals surface area contributed by atoms with E-state index >= 15 is 0 Å². The minimum atomic E-state index is -0.373. The molecule has 0 saturated carbocycles. The number of benzene rings is 1. The van der Waals surface area contributed by atoms with Crippen LogP contribution >= 0.6 is 11.6 Å². The first-order chi connectivity index (χ1) is 8.04. The molecule has 0 heterocycles. The first-order valence-corrected chi connectivity index (χ1v) is 5.86. The largest absolute Gasteiger partial charge is 0.492 e. The third kappa shape index (κ3) is 4.24. The van der Waals surface area contributed by atoms with Gasteiger partial charge in [0, 0.05) is 6.54 Å². The van der Waals surface area contributed by atoms with Crippen LogP contribution < -0.4 is 15.8 Å². The number of hydrogen-bond donors (Lipinski definition) is 2. The lowest BCUT2D eigenvalue weighted by atomic mass is 10.2. The summed E-state index contributed by atoms with van der Waals surface area (Å²) in [6.07, 6.45) is 0. The molecule has 0 unspecified atom stereocenters. The van der Waals surface area contributed by atoms with Crippen molar-refractivity contribution in [1.29, 1.82) is 0 Å². The van der Waals surface area contributed by atoms with Crippen molar-refractivity contribution >= 4 is 17.5 Å². The van der Waals surface area contributed by atoms with E-state index in [0.717, 1.165) is 5.56 Å². The average Bonchev–Trinajstić information content (AvgIpc) is 2.29. The SMILES string of the molecule is CCOc1ccc(CN[C@@H](C)C(N)=O)cc1Cl. The number of carbonyl (C=O) groups is 1. The predicted octanol–water partition coefficient (Wildman–Crippen LogP) is 1.70. The minimum absolute atomic E-state index is 0.361. The minimum Gasteiger partial charge on any atom is -0.492 e. The summed E-state index contributed by atoms with van der Waals surface area (Å²) in [7, 11) is 0. The summed E-state index contributed by atoms with van der Waals surface area (Å²) in [5.74, 6) is 0.294. The predicted molar refractivity (Wildman–Crippen MR) is 68.1 cm³/mol. The van der Waals surface area contributed by atoms with Crippen LogP contribution in [-0.4, -0.2) is 18.6 Å². The first kappa shape index (κ1) is 13.8. The van der Waals surface area contributed by atoms with Gasteiger partial charge >= 0.3 is 0 Å². The molecule has 1 atom stereocenters. The maximum absolute atomic E-state index is 10.8. The van der Waals surface area contributed by atoms with Gasteiger partial charge in [0.15, 0.2) is 0 Å². The molecule has 0 fully saturated rings. The van der Waals surface area contributed by atoms with Gasteiger partial charge < -0.3 is 15.8 Å². The van der Waals surface area contributed by atoms with Gasteiger partial charge in [-0.3, -0.25) is 4.79 Å². The molecule has 5 heteroatoms. The molecule has 0 saturated heterocycles. The van der Waals surface area contributed by atoms with Gasteiger partial charge in [-0.2, -0.15) is 0 Å². The summed E-state index contributed by atoms with van der Waals surface area (Å²) in [4.78, 5) is 10.8. The molecule has 3 N–H and O–H groups in total. The van der Waals surface area contributed by atoms with E-state index in [1.807, 2.05) is 25.1 Å². The Morgan fingerprint density at radius 2 is 2.29 bits per heavy atom. The van der Waals surface area contributed by atoms with E-state index in [1.54, 1.807) is 6.92 Å². The molecule has 0 spiro atoms. The van der Waals surface area contributed by atoms with Crippen LogP contribution in [0.1, 0.15) is 19.4 Å². The van der Waals surface area contributed by atoms with Crippen molar-refractivity contribution < 1.29 is 9.53 Å². The Labute approximate surface area is 106 Å². The quantitative estimate of drug-likeness (QED) is 0.814. The molecule has 94 valence electrons. The Morgan fingerprint density at radius 1 is 1.59 bits per heavy atom. The van der Waals surface area contributed by atoms with Crippen LogP contribution in [0.15, 0.2) is 18.2 Å². The van der Waals surface area contributed by atoms with Crippen LogP contribution in [0, 0.1) is 0 Å². The van der Waals surface area contributed by atoms with E-state index in [4.69, 9.17) is 22.1 Å². The molecule has 1 aromatic rings. The smallest absolute Gasteiger partial charge is 0.234 e. The lowest BCUT2D eigenvalue weighted by Gasteiger charge is -2.11. The number of nitrogens with one attached hydrogen (secondary N) is 1. The van der Waals surface area contributed by atoms with Gasteiger partial charge in [-0.25, -0.2) is 0 Å². The van der Waals surface area contributed by atoms with E-state index in [2.05, 4.69) is 5.32 Å². The second-order valence-corrected chi connectivity index (χ2v) is 4.11. The number of rotatable bonds is 6. The van der Waals surface area contributed by atoms with Crippen molar-refractivity contribution in [3.05, 3.63) is 28.8 Å². The van der Waals surface area contributed by atoms with Gasteiger partial charge in [0.25, 0.3) is 0 Å². The molecule has 0 aromatic heterocycles. The molecule has 1 rings (SSSR count). The molecule has 1 amide bonds. The molecular formula is C12H17ClN2O2. The van der Waals surface area contributed by atoms with Crippen LogP contribution in [0.2, 0.25) is 5.02 Å². The van der Waals surface area contributed by atoms with Crippen molar-refractivity contribution in [2.24, 2.45) is 5.73 Å². The number of hydrogen-bond acceptors (Lipinski definition) is 3. The van der Waals surface area contributed by atoms with Crippen LogP contribution in [0.3, 0.4) is 0 Å². The summed E-state index contributed by atoms with van der Waals surface area (Å²) >= 11 is 6.04. The topological polar surface area (TPSA) is 64.3 Å². The van der Waals surface area contributed by atoms with Crippen molar-refractivity contribution in [2.45, 2.75) is 26.4 Å². The zero-order valence-electron chi connectivity index (χ0n) is 10.00. The number of halogens is 1. The number of carbonyl (C=O) groups excluding carboxylic acids is 1. The van der Waals surface area contributed by atoms with E-state index in [1.165, 1.54) is 0 Å². The third-order valence-electron chi connectivity index (χ3n) is 2.34. The standard InChI is InChI=1S/C12H17ClN2O2/c1-3-17-11-5-4-9(6-10(11)13)7-15-8(2)12(14)16/h4-6,8,15H,3,7H2,1-2H3,(H2,14,16)/t8-/m0/s1. The Bertz CT molecular complexity index is 396. The molecule has 0 aliphatic heterocycles. The van der Waals surface area contributed by atoms with Gasteiger partial charge in [0.2, 0.25) is 5.91 Å². The maximum atomic E-state index is 10.8. The van der Waals surface area contributed by atoms with Crippen molar-refractivity contribution in [1.82, 2.24) is 5.32 Å². The number of ether oxygens (including phenoxy) is 1. The van der Waals surface area contributed by atoms with Crippen LogP contribution in [0.25, 0.3) is 0 Å². The summed E-state index contributed by atoms with van der Waals surface area (Å²) in [5.41, 5.74) is 6.12. The summed E-state index contributed by atoms with van der Waals surface area (Å²) in [6, 6.07) is 5.17. The molecule has 1 aromatic carbocycles. The van der Waals surface area contributed by atoms with Gasteiger partial charge in [-0.05, 0) is 31.5 Å². The monoisotopic (exact) mass is 256 g/mol. The number of amides is 1. The van der Waals surface area contributed by atoms with Crippen LogP contribution in [0.5, 0.6) is 5.75 Å². The highest BCUT2D eigenvalue weighted by molar-refractivity contribution is 6.32. The molecule has 0 radical (unpaired) electrons. The molecule has 17 heavy (non-hydrogen) atoms. The molecule has 0 bridgehead atoms. The van der Waals surface area contributed by atoms with E-state index in [-0.39, 0.29) is 11.9 Å². The zero-order chi connectivity index (χ0) is 12.8. The van der Waals surface area contributed by atoms with Crippen molar-refractivity contribution in [3.63, 3.8) is 0 Å². The highest BCUT2D eigenvalue weighted by atomic mass is 35.5. The molecule has 0 aliphatic rings. The van der Waals surface area contributed by atoms with Gasteiger partial charge in [-0.15, -0.1) is 0 Å². The Morgan fingerprint density at radius 3 is 2.82 bits per heavy atom. The second-order valence-electron chi connectivity index (χ2n) is 3.70. The molecule has 0 aliphatic carbocycles. The van der Waals surface area contributed by atoms with Crippen molar-refractivity contribution in [2.75, 3.05) is 6.61 Å². The Kier molecular flexibility index (Phi) is 5.25.